The molecule has 0 aliphatic carbocycles. The van der Waals surface area contributed by atoms with Crippen LogP contribution in [0.1, 0.15) is 33.3 Å². The first-order valence-electron chi connectivity index (χ1n) is 6.32. The smallest absolute Gasteiger partial charge is 0.229 e. The Morgan fingerprint density at radius 1 is 1.12 bits per heavy atom. The third-order valence-corrected chi connectivity index (χ3v) is 2.77. The number of anilines is 3. The molecule has 5 nitrogen and oxygen atoms in total. The van der Waals surface area contributed by atoms with Crippen LogP contribution >= 0.6 is 0 Å². The molecule has 0 aliphatic heterocycles. The minimum Gasteiger partial charge on any atom is -0.383 e. The summed E-state index contributed by atoms with van der Waals surface area (Å²) < 4.78 is 0. The molecule has 17 heavy (non-hydrogen) atoms. The Balaban J connectivity index is 3.17. The molecule has 96 valence electrons. The zero-order chi connectivity index (χ0) is 12.8. The third kappa shape index (κ3) is 2.99. The van der Waals surface area contributed by atoms with Gasteiger partial charge in [0.15, 0.2) is 0 Å². The van der Waals surface area contributed by atoms with E-state index in [-0.39, 0.29) is 0 Å². The van der Waals surface area contributed by atoms with Gasteiger partial charge >= 0.3 is 0 Å². The van der Waals surface area contributed by atoms with Crippen molar-refractivity contribution in [1.29, 1.82) is 0 Å². The molecule has 0 atom stereocenters. The molecule has 0 radical (unpaired) electrons. The standard InChI is InChI=1S/C12H23N5/c1-5-9-10(13)15-12(17(7-3)8-4)16-11(9)14-6-2/h5-8H2,1-4H3,(H3,13,14,15,16). The van der Waals surface area contributed by atoms with Crippen LogP contribution in [0.3, 0.4) is 0 Å². The summed E-state index contributed by atoms with van der Waals surface area (Å²) in [6.45, 7) is 10.9. The van der Waals surface area contributed by atoms with Gasteiger partial charge in [-0.3, -0.25) is 0 Å². The number of aromatic nitrogens is 2. The van der Waals surface area contributed by atoms with Crippen LogP contribution in [0.2, 0.25) is 0 Å². The molecule has 0 aliphatic rings. The predicted octanol–water partition coefficient (Wildman–Crippen LogP) is 1.90. The molecule has 1 aromatic heterocycles. The average Bonchev–Trinajstić information content (AvgIpc) is 2.31. The molecule has 1 rings (SSSR count). The molecule has 0 aromatic carbocycles. The van der Waals surface area contributed by atoms with Crippen LogP contribution in [0.25, 0.3) is 0 Å². The molecule has 1 heterocycles. The lowest BCUT2D eigenvalue weighted by Gasteiger charge is -2.21. The Bertz CT molecular complexity index is 360. The fourth-order valence-electron chi connectivity index (χ4n) is 1.80. The quantitative estimate of drug-likeness (QED) is 0.791. The van der Waals surface area contributed by atoms with Gasteiger partial charge in [-0.05, 0) is 27.2 Å². The van der Waals surface area contributed by atoms with Crippen molar-refractivity contribution in [2.75, 3.05) is 35.6 Å². The topological polar surface area (TPSA) is 67.1 Å². The second-order valence-electron chi connectivity index (χ2n) is 3.79. The number of nitrogens with zero attached hydrogens (tertiary/aromatic N) is 3. The number of rotatable bonds is 6. The molecule has 0 amide bonds. The Morgan fingerprint density at radius 2 is 1.76 bits per heavy atom. The van der Waals surface area contributed by atoms with E-state index in [1.165, 1.54) is 0 Å². The molecule has 0 spiro atoms. The fourth-order valence-corrected chi connectivity index (χ4v) is 1.80. The van der Waals surface area contributed by atoms with Crippen molar-refractivity contribution in [3.05, 3.63) is 5.56 Å². The SMILES string of the molecule is CCNc1nc(N(CC)CC)nc(N)c1CC. The summed E-state index contributed by atoms with van der Waals surface area (Å²) in [5.74, 6) is 2.16. The summed E-state index contributed by atoms with van der Waals surface area (Å²) in [5.41, 5.74) is 6.99. The van der Waals surface area contributed by atoms with Gasteiger partial charge in [0, 0.05) is 25.2 Å². The molecular formula is C12H23N5. The fraction of sp³-hybridized carbons (Fsp3) is 0.667. The Morgan fingerprint density at radius 3 is 2.24 bits per heavy atom. The van der Waals surface area contributed by atoms with E-state index in [2.05, 4.69) is 47.9 Å². The van der Waals surface area contributed by atoms with E-state index < -0.39 is 0 Å². The molecule has 5 heteroatoms. The van der Waals surface area contributed by atoms with Crippen LogP contribution in [-0.4, -0.2) is 29.6 Å². The maximum atomic E-state index is 5.99. The lowest BCUT2D eigenvalue weighted by Crippen LogP contribution is -2.25. The largest absolute Gasteiger partial charge is 0.383 e. The van der Waals surface area contributed by atoms with Crippen LogP contribution < -0.4 is 16.0 Å². The molecule has 0 unspecified atom stereocenters. The first-order chi connectivity index (χ1) is 8.17. The number of hydrogen-bond acceptors (Lipinski definition) is 5. The van der Waals surface area contributed by atoms with E-state index in [0.717, 1.165) is 37.4 Å². The van der Waals surface area contributed by atoms with E-state index in [1.807, 2.05) is 0 Å². The molecule has 1 aromatic rings. The number of nitrogens with two attached hydrogens (primary N) is 1. The minimum atomic E-state index is 0.584. The van der Waals surface area contributed by atoms with Crippen molar-refractivity contribution >= 4 is 17.6 Å². The predicted molar refractivity (Wildman–Crippen MR) is 73.5 cm³/mol. The lowest BCUT2D eigenvalue weighted by molar-refractivity contribution is 0.819. The minimum absolute atomic E-state index is 0.584. The van der Waals surface area contributed by atoms with Crippen molar-refractivity contribution in [1.82, 2.24) is 9.97 Å². The van der Waals surface area contributed by atoms with Crippen LogP contribution in [0.5, 0.6) is 0 Å². The van der Waals surface area contributed by atoms with E-state index in [4.69, 9.17) is 5.73 Å². The van der Waals surface area contributed by atoms with Gasteiger partial charge in [-0.2, -0.15) is 9.97 Å². The van der Waals surface area contributed by atoms with Gasteiger partial charge in [0.05, 0.1) is 0 Å². The van der Waals surface area contributed by atoms with Crippen molar-refractivity contribution in [3.8, 4) is 0 Å². The van der Waals surface area contributed by atoms with Crippen molar-refractivity contribution in [2.24, 2.45) is 0 Å². The molecule has 3 N–H and O–H groups in total. The van der Waals surface area contributed by atoms with Gasteiger partial charge in [-0.15, -0.1) is 0 Å². The van der Waals surface area contributed by atoms with Crippen LogP contribution in [0.4, 0.5) is 17.6 Å². The van der Waals surface area contributed by atoms with Crippen LogP contribution in [-0.2, 0) is 6.42 Å². The molecule has 0 fully saturated rings. The number of nitrogen functional groups attached to an aromatic ring is 1. The van der Waals surface area contributed by atoms with E-state index >= 15 is 0 Å². The molecule has 0 bridgehead atoms. The van der Waals surface area contributed by atoms with Gasteiger partial charge in [0.25, 0.3) is 0 Å². The number of hydrogen-bond donors (Lipinski definition) is 2. The highest BCUT2D eigenvalue weighted by atomic mass is 15.3. The van der Waals surface area contributed by atoms with Crippen LogP contribution in [0.15, 0.2) is 0 Å². The highest BCUT2D eigenvalue weighted by molar-refractivity contribution is 5.59. The van der Waals surface area contributed by atoms with Crippen LogP contribution in [0, 0.1) is 0 Å². The number of nitrogens with one attached hydrogen (secondary N) is 1. The van der Waals surface area contributed by atoms with E-state index in [0.29, 0.717) is 11.8 Å². The van der Waals surface area contributed by atoms with Gasteiger partial charge < -0.3 is 16.0 Å². The van der Waals surface area contributed by atoms with Crippen molar-refractivity contribution in [3.63, 3.8) is 0 Å². The summed E-state index contributed by atoms with van der Waals surface area (Å²) >= 11 is 0. The monoisotopic (exact) mass is 237 g/mol. The van der Waals surface area contributed by atoms with Crippen molar-refractivity contribution < 1.29 is 0 Å². The Labute approximate surface area is 103 Å². The summed E-state index contributed by atoms with van der Waals surface area (Å²) in [5, 5.41) is 3.25. The maximum Gasteiger partial charge on any atom is 0.229 e. The summed E-state index contributed by atoms with van der Waals surface area (Å²) in [6, 6.07) is 0. The Hall–Kier alpha value is -1.52. The van der Waals surface area contributed by atoms with Crippen molar-refractivity contribution in [2.45, 2.75) is 34.1 Å². The zero-order valence-corrected chi connectivity index (χ0v) is 11.2. The third-order valence-electron chi connectivity index (χ3n) is 2.77. The molecule has 0 saturated heterocycles. The van der Waals surface area contributed by atoms with E-state index in [9.17, 15) is 0 Å². The van der Waals surface area contributed by atoms with Gasteiger partial charge in [0.1, 0.15) is 11.6 Å². The summed E-state index contributed by atoms with van der Waals surface area (Å²) in [4.78, 5) is 11.0. The first kappa shape index (κ1) is 13.5. The average molecular weight is 237 g/mol. The van der Waals surface area contributed by atoms with E-state index in [1.54, 1.807) is 0 Å². The lowest BCUT2D eigenvalue weighted by atomic mass is 10.2. The second kappa shape index (κ2) is 6.27. The zero-order valence-electron chi connectivity index (χ0n) is 11.2. The highest BCUT2D eigenvalue weighted by Gasteiger charge is 2.13. The first-order valence-corrected chi connectivity index (χ1v) is 6.32. The summed E-state index contributed by atoms with van der Waals surface area (Å²) in [7, 11) is 0. The van der Waals surface area contributed by atoms with Gasteiger partial charge in [-0.25, -0.2) is 0 Å². The van der Waals surface area contributed by atoms with Gasteiger partial charge in [0.2, 0.25) is 5.95 Å². The second-order valence-corrected chi connectivity index (χ2v) is 3.79. The molecular weight excluding hydrogens is 214 g/mol. The Kier molecular flexibility index (Phi) is 5.00. The molecule has 0 saturated carbocycles. The highest BCUT2D eigenvalue weighted by Crippen LogP contribution is 2.22. The normalized spacial score (nSPS) is 10.4. The van der Waals surface area contributed by atoms with Gasteiger partial charge in [-0.1, -0.05) is 6.92 Å². The maximum absolute atomic E-state index is 5.99. The summed E-state index contributed by atoms with van der Waals surface area (Å²) in [6.07, 6.45) is 0.840.